The summed E-state index contributed by atoms with van der Waals surface area (Å²) in [6.45, 7) is 0.776. The van der Waals surface area contributed by atoms with E-state index in [0.717, 1.165) is 51.5 Å². The van der Waals surface area contributed by atoms with Crippen LogP contribution in [0.25, 0.3) is 0 Å². The maximum absolute atomic E-state index is 12.5. The molecule has 0 radical (unpaired) electrons. The van der Waals surface area contributed by atoms with Gasteiger partial charge < -0.3 is 4.90 Å². The highest BCUT2D eigenvalue weighted by Crippen LogP contribution is 2.32. The van der Waals surface area contributed by atoms with E-state index >= 15 is 0 Å². The highest BCUT2D eigenvalue weighted by molar-refractivity contribution is 6.04. The van der Waals surface area contributed by atoms with E-state index in [9.17, 15) is 9.59 Å². The molecule has 3 rings (SSSR count). The average molecular weight is 250 g/mol. The van der Waals surface area contributed by atoms with Crippen LogP contribution < -0.4 is 0 Å². The number of hydrogen-bond donors (Lipinski definition) is 0. The summed E-state index contributed by atoms with van der Waals surface area (Å²) in [5, 5.41) is 0. The molecule has 3 amide bonds. The predicted molar refractivity (Wildman–Crippen MR) is 68.1 cm³/mol. The molecule has 4 nitrogen and oxygen atoms in total. The Morgan fingerprint density at radius 1 is 0.833 bits per heavy atom. The predicted octanol–water partition coefficient (Wildman–Crippen LogP) is 2.53. The molecule has 4 heteroatoms. The van der Waals surface area contributed by atoms with Crippen molar-refractivity contribution >= 4 is 11.9 Å². The van der Waals surface area contributed by atoms with Gasteiger partial charge in [0.15, 0.2) is 0 Å². The molecular weight excluding hydrogens is 228 g/mol. The zero-order chi connectivity index (χ0) is 12.5. The summed E-state index contributed by atoms with van der Waals surface area (Å²) < 4.78 is 0. The van der Waals surface area contributed by atoms with Crippen molar-refractivity contribution in [2.75, 3.05) is 6.54 Å². The van der Waals surface area contributed by atoms with Crippen molar-refractivity contribution in [3.05, 3.63) is 0 Å². The zero-order valence-electron chi connectivity index (χ0n) is 10.9. The Morgan fingerprint density at radius 3 is 2.28 bits per heavy atom. The van der Waals surface area contributed by atoms with Gasteiger partial charge in [0.2, 0.25) is 0 Å². The molecule has 1 atom stereocenters. The topological polar surface area (TPSA) is 40.6 Å². The number of urea groups is 1. The van der Waals surface area contributed by atoms with Gasteiger partial charge in [-0.25, -0.2) is 4.79 Å². The van der Waals surface area contributed by atoms with Gasteiger partial charge in [-0.05, 0) is 25.7 Å². The molecule has 0 aromatic carbocycles. The van der Waals surface area contributed by atoms with Crippen LogP contribution in [0.15, 0.2) is 0 Å². The fourth-order valence-electron chi connectivity index (χ4n) is 3.66. The Hall–Kier alpha value is -1.06. The highest BCUT2D eigenvalue weighted by atomic mass is 16.2. The monoisotopic (exact) mass is 250 g/mol. The van der Waals surface area contributed by atoms with Gasteiger partial charge in [0, 0.05) is 12.6 Å². The summed E-state index contributed by atoms with van der Waals surface area (Å²) in [5.74, 6) is 0.0915. The molecule has 2 heterocycles. The summed E-state index contributed by atoms with van der Waals surface area (Å²) >= 11 is 0. The maximum Gasteiger partial charge on any atom is 0.327 e. The number of hydrogen-bond acceptors (Lipinski definition) is 2. The van der Waals surface area contributed by atoms with Gasteiger partial charge in [-0.1, -0.05) is 32.1 Å². The minimum Gasteiger partial charge on any atom is -0.312 e. The Balaban J connectivity index is 1.80. The number of amides is 3. The second kappa shape index (κ2) is 4.90. The van der Waals surface area contributed by atoms with E-state index in [0.29, 0.717) is 0 Å². The lowest BCUT2D eigenvalue weighted by atomic mass is 10.0. The van der Waals surface area contributed by atoms with Crippen molar-refractivity contribution in [3.8, 4) is 0 Å². The molecule has 1 aliphatic carbocycles. The van der Waals surface area contributed by atoms with E-state index in [1.807, 2.05) is 4.90 Å². The van der Waals surface area contributed by atoms with Crippen molar-refractivity contribution in [2.24, 2.45) is 0 Å². The van der Waals surface area contributed by atoms with Crippen molar-refractivity contribution < 1.29 is 9.59 Å². The number of imide groups is 1. The molecule has 0 bridgehead atoms. The van der Waals surface area contributed by atoms with Crippen molar-refractivity contribution in [1.82, 2.24) is 9.80 Å². The van der Waals surface area contributed by atoms with Crippen LogP contribution in [0.5, 0.6) is 0 Å². The molecule has 0 aromatic heterocycles. The van der Waals surface area contributed by atoms with Gasteiger partial charge in [0.25, 0.3) is 5.91 Å². The number of carbonyl (C=O) groups excluding carboxylic acids is 2. The lowest BCUT2D eigenvalue weighted by molar-refractivity contribution is -0.130. The molecule has 0 N–H and O–H groups in total. The fraction of sp³-hybridized carbons (Fsp3) is 0.857. The minimum absolute atomic E-state index is 0.00111. The first-order chi connectivity index (χ1) is 8.79. The molecule has 3 fully saturated rings. The molecule has 0 aromatic rings. The van der Waals surface area contributed by atoms with Crippen molar-refractivity contribution in [3.63, 3.8) is 0 Å². The molecular formula is C14H22N2O2. The molecule has 2 saturated heterocycles. The standard InChI is InChI=1S/C14H22N2O2/c17-13-12-9-3-1-2-6-10-15(12)14(18)16(13)11-7-4-5-8-11/h11-12H,1-10H2. The third kappa shape index (κ3) is 1.91. The van der Waals surface area contributed by atoms with E-state index in [1.54, 1.807) is 4.90 Å². The van der Waals surface area contributed by atoms with Gasteiger partial charge in [-0.15, -0.1) is 0 Å². The molecule has 100 valence electrons. The van der Waals surface area contributed by atoms with Crippen LogP contribution in [0.1, 0.15) is 57.8 Å². The minimum atomic E-state index is -0.140. The average Bonchev–Trinajstić information content (AvgIpc) is 2.88. The first-order valence-electron chi connectivity index (χ1n) is 7.43. The van der Waals surface area contributed by atoms with Crippen LogP contribution in [-0.4, -0.2) is 40.4 Å². The summed E-state index contributed by atoms with van der Waals surface area (Å²) in [5.41, 5.74) is 0. The molecule has 18 heavy (non-hydrogen) atoms. The number of nitrogens with zero attached hydrogens (tertiary/aromatic N) is 2. The van der Waals surface area contributed by atoms with Gasteiger partial charge >= 0.3 is 6.03 Å². The third-order valence-electron chi connectivity index (χ3n) is 4.67. The Bertz CT molecular complexity index is 324. The molecule has 0 spiro atoms. The highest BCUT2D eigenvalue weighted by Gasteiger charge is 2.47. The second-order valence-corrected chi connectivity index (χ2v) is 5.84. The molecule has 3 aliphatic rings. The van der Waals surface area contributed by atoms with E-state index in [4.69, 9.17) is 0 Å². The zero-order valence-corrected chi connectivity index (χ0v) is 10.9. The summed E-state index contributed by atoms with van der Waals surface area (Å²) in [6.07, 6.45) is 9.73. The number of rotatable bonds is 1. The molecule has 1 unspecified atom stereocenters. The Morgan fingerprint density at radius 2 is 1.50 bits per heavy atom. The smallest absolute Gasteiger partial charge is 0.312 e. The largest absolute Gasteiger partial charge is 0.327 e. The second-order valence-electron chi connectivity index (χ2n) is 5.84. The van der Waals surface area contributed by atoms with Gasteiger partial charge in [0.05, 0.1) is 0 Å². The first-order valence-corrected chi connectivity index (χ1v) is 7.43. The number of carbonyl (C=O) groups is 2. The van der Waals surface area contributed by atoms with E-state index in [2.05, 4.69) is 0 Å². The van der Waals surface area contributed by atoms with Crippen LogP contribution in [0.4, 0.5) is 4.79 Å². The maximum atomic E-state index is 12.5. The van der Waals surface area contributed by atoms with Crippen LogP contribution in [0.3, 0.4) is 0 Å². The third-order valence-corrected chi connectivity index (χ3v) is 4.67. The molecule has 2 aliphatic heterocycles. The van der Waals surface area contributed by atoms with Crippen molar-refractivity contribution in [2.45, 2.75) is 69.9 Å². The van der Waals surface area contributed by atoms with Crippen LogP contribution in [0, 0.1) is 0 Å². The summed E-state index contributed by atoms with van der Waals surface area (Å²) in [4.78, 5) is 28.3. The van der Waals surface area contributed by atoms with Gasteiger partial charge in [-0.3, -0.25) is 9.69 Å². The molecule has 1 saturated carbocycles. The lowest BCUT2D eigenvalue weighted by Gasteiger charge is -2.24. The SMILES string of the molecule is O=C1C2CCCCCCN2C(=O)N1C1CCCC1. The summed E-state index contributed by atoms with van der Waals surface area (Å²) in [7, 11) is 0. The normalized spacial score (nSPS) is 30.6. The van der Waals surface area contributed by atoms with Crippen LogP contribution in [0.2, 0.25) is 0 Å². The van der Waals surface area contributed by atoms with E-state index in [1.165, 1.54) is 12.8 Å². The van der Waals surface area contributed by atoms with Crippen molar-refractivity contribution in [1.29, 1.82) is 0 Å². The fourth-order valence-corrected chi connectivity index (χ4v) is 3.66. The summed E-state index contributed by atoms with van der Waals surface area (Å²) in [6, 6.07) is 0.0513. The Kier molecular flexibility index (Phi) is 3.27. The lowest BCUT2D eigenvalue weighted by Crippen LogP contribution is -2.40. The van der Waals surface area contributed by atoms with Gasteiger partial charge in [-0.2, -0.15) is 0 Å². The quantitative estimate of drug-likeness (QED) is 0.671. The Labute approximate surface area is 108 Å². The van der Waals surface area contributed by atoms with E-state index < -0.39 is 0 Å². The van der Waals surface area contributed by atoms with Crippen LogP contribution in [-0.2, 0) is 4.79 Å². The van der Waals surface area contributed by atoms with Crippen LogP contribution >= 0.6 is 0 Å². The van der Waals surface area contributed by atoms with Gasteiger partial charge in [0.1, 0.15) is 6.04 Å². The van der Waals surface area contributed by atoms with E-state index in [-0.39, 0.29) is 24.0 Å². The first kappa shape index (κ1) is 12.0. The number of fused-ring (bicyclic) bond motifs is 1.